The van der Waals surface area contributed by atoms with E-state index in [9.17, 15) is 22.8 Å². The summed E-state index contributed by atoms with van der Waals surface area (Å²) in [5.74, 6) is -0.544. The molecule has 2 aromatic carbocycles. The van der Waals surface area contributed by atoms with Crippen molar-refractivity contribution >= 4 is 24.1 Å². The molecule has 0 aliphatic rings. The maximum atomic E-state index is 12.7. The summed E-state index contributed by atoms with van der Waals surface area (Å²) in [5, 5.41) is 12.9. The minimum absolute atomic E-state index is 0.140. The third-order valence-electron chi connectivity index (χ3n) is 6.97. The molecule has 0 saturated heterocycles. The highest BCUT2D eigenvalue weighted by atomic mass is 19.4. The van der Waals surface area contributed by atoms with Crippen LogP contribution in [0.3, 0.4) is 0 Å². The van der Waals surface area contributed by atoms with Crippen molar-refractivity contribution in [1.29, 1.82) is 0 Å². The number of esters is 1. The second-order valence-electron chi connectivity index (χ2n) is 10.4. The number of carboxylic acid groups (broad SMARTS) is 1. The van der Waals surface area contributed by atoms with Crippen LogP contribution < -0.4 is 4.74 Å². The summed E-state index contributed by atoms with van der Waals surface area (Å²) in [7, 11) is 0. The zero-order valence-electron chi connectivity index (χ0n) is 24.8. The molecule has 0 amide bonds. The Labute approximate surface area is 258 Å². The second-order valence-corrected chi connectivity index (χ2v) is 10.4. The van der Waals surface area contributed by atoms with E-state index in [2.05, 4.69) is 16.1 Å². The molecule has 0 unspecified atom stereocenters. The molecule has 2 heterocycles. The first-order chi connectivity index (χ1) is 21.6. The number of benzene rings is 2. The van der Waals surface area contributed by atoms with E-state index in [1.165, 1.54) is 24.0 Å². The van der Waals surface area contributed by atoms with Gasteiger partial charge in [-0.3, -0.25) is 14.3 Å². The molecule has 1 N–H and O–H groups in total. The summed E-state index contributed by atoms with van der Waals surface area (Å²) in [4.78, 5) is 26.5. The van der Waals surface area contributed by atoms with Gasteiger partial charge in [0.1, 0.15) is 30.9 Å². The Morgan fingerprint density at radius 1 is 1.02 bits per heavy atom. The Morgan fingerprint density at radius 3 is 2.53 bits per heavy atom. The van der Waals surface area contributed by atoms with E-state index in [0.717, 1.165) is 49.1 Å². The summed E-state index contributed by atoms with van der Waals surface area (Å²) in [6.07, 6.45) is 5.29. The van der Waals surface area contributed by atoms with Crippen molar-refractivity contribution in [3.8, 4) is 5.75 Å². The lowest BCUT2D eigenvalue weighted by molar-refractivity contribution is -0.148. The van der Waals surface area contributed by atoms with Crippen LogP contribution in [0.4, 0.5) is 13.2 Å². The summed E-state index contributed by atoms with van der Waals surface area (Å²) < 4.78 is 56.4. The fourth-order valence-corrected chi connectivity index (χ4v) is 4.53. The largest absolute Gasteiger partial charge is 0.487 e. The Kier molecular flexibility index (Phi) is 11.5. The molecule has 0 atom stereocenters. The number of carbonyl (C=O) groups excluding carboxylic acids is 1. The van der Waals surface area contributed by atoms with Crippen LogP contribution in [0.5, 0.6) is 5.75 Å². The molecule has 0 saturated carbocycles. The molecule has 2 aromatic heterocycles. The Hall–Kier alpha value is -4.87. The van der Waals surface area contributed by atoms with Gasteiger partial charge < -0.3 is 19.0 Å². The smallest absolute Gasteiger partial charge is 0.416 e. The normalized spacial score (nSPS) is 11.6. The standard InChI is InChI=1S/C33H34F3N3O6/c1-23-20-29(44-21-27-22-45-30(38-27)13-8-24-6-10-26(11-7-24)33(34,35)36)12-9-25(23)4-2-3-5-28-16-17-37-39(28)18-19-43-32(42)15-14-31(40)41/h6-13,16-17,20,22H,2-5,14-15,18-19,21H2,1H3,(H,40,41)/b13-8+. The third-order valence-corrected chi connectivity index (χ3v) is 6.97. The van der Waals surface area contributed by atoms with Crippen LogP contribution >= 0.6 is 0 Å². The molecule has 0 radical (unpaired) electrons. The van der Waals surface area contributed by atoms with Crippen LogP contribution in [-0.2, 0) is 46.5 Å². The van der Waals surface area contributed by atoms with Crippen molar-refractivity contribution in [2.45, 2.75) is 64.8 Å². The summed E-state index contributed by atoms with van der Waals surface area (Å²) in [6, 6.07) is 12.7. The zero-order valence-corrected chi connectivity index (χ0v) is 24.8. The molecule has 0 spiro atoms. The highest BCUT2D eigenvalue weighted by Gasteiger charge is 2.29. The predicted molar refractivity (Wildman–Crippen MR) is 159 cm³/mol. The molecular weight excluding hydrogens is 591 g/mol. The second kappa shape index (κ2) is 15.7. The van der Waals surface area contributed by atoms with Crippen molar-refractivity contribution < 1.29 is 41.8 Å². The molecule has 12 heteroatoms. The van der Waals surface area contributed by atoms with Crippen LogP contribution in [0.1, 0.15) is 65.2 Å². The lowest BCUT2D eigenvalue weighted by atomic mass is 10.0. The Bertz CT molecular complexity index is 1590. The van der Waals surface area contributed by atoms with Crippen LogP contribution in [-0.4, -0.2) is 38.4 Å². The van der Waals surface area contributed by atoms with Crippen LogP contribution in [0, 0.1) is 6.92 Å². The van der Waals surface area contributed by atoms with Crippen molar-refractivity contribution in [1.82, 2.24) is 14.8 Å². The number of hydrogen-bond acceptors (Lipinski definition) is 7. The van der Waals surface area contributed by atoms with Crippen LogP contribution in [0.2, 0.25) is 0 Å². The van der Waals surface area contributed by atoms with Crippen molar-refractivity contribution in [2.75, 3.05) is 6.61 Å². The van der Waals surface area contributed by atoms with Crippen LogP contribution in [0.25, 0.3) is 12.2 Å². The van der Waals surface area contributed by atoms with E-state index in [-0.39, 0.29) is 26.1 Å². The molecule has 4 aromatic rings. The van der Waals surface area contributed by atoms with Gasteiger partial charge in [-0.25, -0.2) is 4.98 Å². The minimum atomic E-state index is -4.37. The molecule has 9 nitrogen and oxygen atoms in total. The quantitative estimate of drug-likeness (QED) is 0.105. The van der Waals surface area contributed by atoms with Gasteiger partial charge in [-0.1, -0.05) is 18.2 Å². The number of hydrogen-bond donors (Lipinski definition) is 1. The van der Waals surface area contributed by atoms with E-state index in [1.807, 2.05) is 25.1 Å². The predicted octanol–water partition coefficient (Wildman–Crippen LogP) is 6.92. The highest BCUT2D eigenvalue weighted by molar-refractivity contribution is 5.76. The number of carboxylic acids is 1. The third kappa shape index (κ3) is 10.7. The minimum Gasteiger partial charge on any atom is -0.487 e. The maximum Gasteiger partial charge on any atom is 0.416 e. The van der Waals surface area contributed by atoms with E-state index >= 15 is 0 Å². The number of ether oxygens (including phenoxy) is 2. The zero-order chi connectivity index (χ0) is 32.2. The number of unbranched alkanes of at least 4 members (excludes halogenated alkanes) is 1. The molecular formula is C33H34F3N3O6. The van der Waals surface area contributed by atoms with Gasteiger partial charge in [0.15, 0.2) is 0 Å². The highest BCUT2D eigenvalue weighted by Crippen LogP contribution is 2.29. The number of oxazole rings is 1. The fourth-order valence-electron chi connectivity index (χ4n) is 4.53. The lowest BCUT2D eigenvalue weighted by Crippen LogP contribution is -2.14. The van der Waals surface area contributed by atoms with Gasteiger partial charge in [0.05, 0.1) is 24.9 Å². The van der Waals surface area contributed by atoms with Crippen LogP contribution in [0.15, 0.2) is 65.4 Å². The molecule has 45 heavy (non-hydrogen) atoms. The monoisotopic (exact) mass is 625 g/mol. The molecule has 238 valence electrons. The average molecular weight is 626 g/mol. The van der Waals surface area contributed by atoms with E-state index in [0.29, 0.717) is 29.4 Å². The maximum absolute atomic E-state index is 12.7. The number of carbonyl (C=O) groups is 2. The first-order valence-electron chi connectivity index (χ1n) is 14.5. The van der Waals surface area contributed by atoms with E-state index in [1.54, 1.807) is 23.0 Å². The Balaban J connectivity index is 1.17. The van der Waals surface area contributed by atoms with Gasteiger partial charge in [0.25, 0.3) is 0 Å². The number of nitrogens with zero attached hydrogens (tertiary/aromatic N) is 3. The SMILES string of the molecule is Cc1cc(OCc2coc(/C=C/c3ccc(C(F)(F)F)cc3)n2)ccc1CCCCc1ccnn1CCOC(=O)CCC(=O)O. The first-order valence-corrected chi connectivity index (χ1v) is 14.5. The Morgan fingerprint density at radius 2 is 1.80 bits per heavy atom. The fraction of sp³-hybridized carbons (Fsp3) is 0.333. The molecule has 0 fully saturated rings. The van der Waals surface area contributed by atoms with E-state index < -0.39 is 23.7 Å². The first kappa shape index (κ1) is 33.0. The number of aliphatic carboxylic acids is 1. The number of aromatic nitrogens is 3. The average Bonchev–Trinajstić information content (AvgIpc) is 3.66. The lowest BCUT2D eigenvalue weighted by Gasteiger charge is -2.10. The van der Waals surface area contributed by atoms with Gasteiger partial charge in [-0.05, 0) is 85.7 Å². The van der Waals surface area contributed by atoms with E-state index in [4.69, 9.17) is 19.0 Å². The number of aryl methyl sites for hydroxylation is 3. The van der Waals surface area contributed by atoms with Crippen molar-refractivity contribution in [2.24, 2.45) is 0 Å². The topological polar surface area (TPSA) is 117 Å². The summed E-state index contributed by atoms with van der Waals surface area (Å²) in [6.45, 7) is 2.79. The number of rotatable bonds is 16. The van der Waals surface area contributed by atoms with Gasteiger partial charge in [0.2, 0.25) is 5.89 Å². The van der Waals surface area contributed by atoms with Gasteiger partial charge in [0, 0.05) is 18.0 Å². The number of halogens is 3. The van der Waals surface area contributed by atoms with Crippen molar-refractivity contribution in [3.63, 3.8) is 0 Å². The molecule has 4 rings (SSSR count). The van der Waals surface area contributed by atoms with Gasteiger partial charge in [-0.2, -0.15) is 18.3 Å². The summed E-state index contributed by atoms with van der Waals surface area (Å²) in [5.41, 5.74) is 3.85. The summed E-state index contributed by atoms with van der Waals surface area (Å²) >= 11 is 0. The molecule has 0 bridgehead atoms. The van der Waals surface area contributed by atoms with Gasteiger partial charge >= 0.3 is 18.1 Å². The van der Waals surface area contributed by atoms with Crippen molar-refractivity contribution in [3.05, 3.63) is 101 Å². The molecule has 0 aliphatic carbocycles. The van der Waals surface area contributed by atoms with Gasteiger partial charge in [-0.15, -0.1) is 0 Å². The molecule has 0 aliphatic heterocycles. The number of alkyl halides is 3.